The second-order valence-electron chi connectivity index (χ2n) is 8.62. The molecule has 0 heterocycles. The highest BCUT2D eigenvalue weighted by Gasteiger charge is 2.18. The van der Waals surface area contributed by atoms with Crippen molar-refractivity contribution in [3.05, 3.63) is 143 Å². The highest BCUT2D eigenvalue weighted by atomic mass is 79.9. The molecule has 166 valence electrons. The lowest BCUT2D eigenvalue weighted by atomic mass is 9.85. The number of halogens is 1. The molecule has 0 unspecified atom stereocenters. The van der Waals surface area contributed by atoms with Crippen LogP contribution in [-0.4, -0.2) is 5.78 Å². The first-order chi connectivity index (χ1) is 17.2. The molecule has 0 bridgehead atoms. The lowest BCUT2D eigenvalue weighted by molar-refractivity contribution is 0.103. The predicted octanol–water partition coefficient (Wildman–Crippen LogP) is 9.32. The number of benzene rings is 6. The highest BCUT2D eigenvalue weighted by molar-refractivity contribution is 9.10. The molecule has 0 N–H and O–H groups in total. The molecule has 6 aromatic carbocycles. The Hall–Kier alpha value is -4.01. The van der Waals surface area contributed by atoms with Crippen molar-refractivity contribution in [3.8, 4) is 22.3 Å². The molecule has 6 rings (SSSR count). The van der Waals surface area contributed by atoms with Crippen LogP contribution in [0.2, 0.25) is 0 Å². The minimum Gasteiger partial charge on any atom is -0.289 e. The van der Waals surface area contributed by atoms with E-state index in [1.54, 1.807) is 0 Å². The number of rotatable bonds is 4. The van der Waals surface area contributed by atoms with Gasteiger partial charge in [-0.05, 0) is 74.1 Å². The first-order valence-electron chi connectivity index (χ1n) is 11.6. The summed E-state index contributed by atoms with van der Waals surface area (Å²) in [6.07, 6.45) is 0. The van der Waals surface area contributed by atoms with E-state index in [-0.39, 0.29) is 5.78 Å². The van der Waals surface area contributed by atoms with Crippen LogP contribution in [-0.2, 0) is 0 Å². The van der Waals surface area contributed by atoms with Crippen molar-refractivity contribution < 1.29 is 4.79 Å². The van der Waals surface area contributed by atoms with Crippen molar-refractivity contribution in [1.29, 1.82) is 0 Å². The first kappa shape index (κ1) is 21.5. The summed E-state index contributed by atoms with van der Waals surface area (Å²) in [4.78, 5) is 13.5. The number of carbonyl (C=O) groups excluding carboxylic acids is 1. The minimum atomic E-state index is 0.0211. The molecular formula is C33H21BrO. The molecule has 0 fully saturated rings. The van der Waals surface area contributed by atoms with Crippen molar-refractivity contribution in [2.24, 2.45) is 0 Å². The lowest BCUT2D eigenvalue weighted by Gasteiger charge is -2.18. The van der Waals surface area contributed by atoms with Crippen molar-refractivity contribution in [1.82, 2.24) is 0 Å². The smallest absolute Gasteiger partial charge is 0.193 e. The van der Waals surface area contributed by atoms with Gasteiger partial charge in [0.15, 0.2) is 5.78 Å². The molecule has 0 aliphatic carbocycles. The number of hydrogen-bond donors (Lipinski definition) is 0. The van der Waals surface area contributed by atoms with Gasteiger partial charge in [0, 0.05) is 15.6 Å². The van der Waals surface area contributed by atoms with Crippen LogP contribution in [0, 0.1) is 0 Å². The lowest BCUT2D eigenvalue weighted by Crippen LogP contribution is -2.01. The van der Waals surface area contributed by atoms with Crippen LogP contribution in [0.3, 0.4) is 0 Å². The van der Waals surface area contributed by atoms with E-state index in [4.69, 9.17) is 0 Å². The molecule has 1 nitrogen and oxygen atoms in total. The zero-order valence-corrected chi connectivity index (χ0v) is 20.5. The second-order valence-corrected chi connectivity index (χ2v) is 9.54. The fraction of sp³-hybridized carbons (Fsp3) is 0. The zero-order chi connectivity index (χ0) is 23.8. The van der Waals surface area contributed by atoms with E-state index >= 15 is 0 Å². The van der Waals surface area contributed by atoms with Gasteiger partial charge in [-0.2, -0.15) is 0 Å². The minimum absolute atomic E-state index is 0.0211. The summed E-state index contributed by atoms with van der Waals surface area (Å²) in [6, 6.07) is 43.2. The predicted molar refractivity (Wildman–Crippen MR) is 150 cm³/mol. The normalized spacial score (nSPS) is 11.1. The van der Waals surface area contributed by atoms with Crippen LogP contribution in [0.1, 0.15) is 15.9 Å². The fourth-order valence-corrected chi connectivity index (χ4v) is 5.18. The molecule has 0 aliphatic heterocycles. The summed E-state index contributed by atoms with van der Waals surface area (Å²) < 4.78 is 0.956. The molecule has 0 atom stereocenters. The third-order valence-electron chi connectivity index (χ3n) is 6.52. The molecule has 0 amide bonds. The number of fused-ring (bicyclic) bond motifs is 2. The summed E-state index contributed by atoms with van der Waals surface area (Å²) in [7, 11) is 0. The summed E-state index contributed by atoms with van der Waals surface area (Å²) in [5.41, 5.74) is 6.02. The van der Waals surface area contributed by atoms with Gasteiger partial charge in [-0.1, -0.05) is 113 Å². The van der Waals surface area contributed by atoms with E-state index < -0.39 is 0 Å². The van der Waals surface area contributed by atoms with E-state index in [0.29, 0.717) is 11.1 Å². The number of hydrogen-bond acceptors (Lipinski definition) is 1. The van der Waals surface area contributed by atoms with E-state index in [0.717, 1.165) is 26.4 Å². The van der Waals surface area contributed by atoms with Crippen LogP contribution >= 0.6 is 15.9 Å². The van der Waals surface area contributed by atoms with Gasteiger partial charge in [-0.15, -0.1) is 0 Å². The Bertz CT molecular complexity index is 1690. The largest absolute Gasteiger partial charge is 0.289 e. The maximum atomic E-state index is 13.5. The van der Waals surface area contributed by atoms with E-state index in [2.05, 4.69) is 101 Å². The fourth-order valence-electron chi connectivity index (χ4n) is 4.92. The van der Waals surface area contributed by atoms with Crippen LogP contribution < -0.4 is 0 Å². The van der Waals surface area contributed by atoms with E-state index in [9.17, 15) is 4.79 Å². The van der Waals surface area contributed by atoms with Crippen LogP contribution in [0.25, 0.3) is 43.8 Å². The van der Waals surface area contributed by atoms with Crippen molar-refractivity contribution >= 4 is 43.3 Å². The van der Waals surface area contributed by atoms with Gasteiger partial charge in [0.1, 0.15) is 0 Å². The van der Waals surface area contributed by atoms with Gasteiger partial charge in [0.25, 0.3) is 0 Å². The Balaban J connectivity index is 1.71. The Morgan fingerprint density at radius 1 is 0.457 bits per heavy atom. The molecular weight excluding hydrogens is 492 g/mol. The molecule has 6 aromatic rings. The Morgan fingerprint density at radius 2 is 0.914 bits per heavy atom. The SMILES string of the molecule is O=C(c1ccc(Br)cc1)c1ccc2c(-c3ccccc3)c3ccccc3c(-c3ccccc3)c2c1. The van der Waals surface area contributed by atoms with Crippen molar-refractivity contribution in [2.75, 3.05) is 0 Å². The van der Waals surface area contributed by atoms with Crippen LogP contribution in [0.4, 0.5) is 0 Å². The highest BCUT2D eigenvalue weighted by Crippen LogP contribution is 2.43. The maximum absolute atomic E-state index is 13.5. The Kier molecular flexibility index (Phi) is 5.52. The van der Waals surface area contributed by atoms with Crippen molar-refractivity contribution in [2.45, 2.75) is 0 Å². The summed E-state index contributed by atoms with van der Waals surface area (Å²) in [5, 5.41) is 4.60. The standard InChI is InChI=1S/C33H21BrO/c34-26-18-15-24(16-19-26)33(35)25-17-20-29-30(21-25)32(23-11-5-2-6-12-23)28-14-8-7-13-27(28)31(29)22-9-3-1-4-10-22/h1-21H. The monoisotopic (exact) mass is 512 g/mol. The molecule has 35 heavy (non-hydrogen) atoms. The quantitative estimate of drug-likeness (QED) is 0.170. The second kappa shape index (κ2) is 8.98. The summed E-state index contributed by atoms with van der Waals surface area (Å²) in [6.45, 7) is 0. The third kappa shape index (κ3) is 3.86. The van der Waals surface area contributed by atoms with Gasteiger partial charge >= 0.3 is 0 Å². The molecule has 0 spiro atoms. The zero-order valence-electron chi connectivity index (χ0n) is 18.9. The molecule has 0 aromatic heterocycles. The molecule has 0 radical (unpaired) electrons. The summed E-state index contributed by atoms with van der Waals surface area (Å²) in [5.74, 6) is 0.0211. The average Bonchev–Trinajstić information content (AvgIpc) is 2.92. The number of ketones is 1. The van der Waals surface area contributed by atoms with Gasteiger partial charge in [0.2, 0.25) is 0 Å². The summed E-state index contributed by atoms with van der Waals surface area (Å²) >= 11 is 3.46. The van der Waals surface area contributed by atoms with Crippen molar-refractivity contribution in [3.63, 3.8) is 0 Å². The van der Waals surface area contributed by atoms with Crippen LogP contribution in [0.15, 0.2) is 132 Å². The van der Waals surface area contributed by atoms with Gasteiger partial charge in [-0.3, -0.25) is 4.79 Å². The van der Waals surface area contributed by atoms with E-state index in [1.807, 2.05) is 42.5 Å². The molecule has 0 saturated carbocycles. The van der Waals surface area contributed by atoms with Crippen LogP contribution in [0.5, 0.6) is 0 Å². The van der Waals surface area contributed by atoms with Gasteiger partial charge in [-0.25, -0.2) is 0 Å². The first-order valence-corrected chi connectivity index (χ1v) is 12.4. The molecule has 2 heteroatoms. The Labute approximate surface area is 212 Å². The average molecular weight is 513 g/mol. The Morgan fingerprint density at radius 3 is 1.49 bits per heavy atom. The molecule has 0 saturated heterocycles. The molecule has 0 aliphatic rings. The topological polar surface area (TPSA) is 17.1 Å². The van der Waals surface area contributed by atoms with Gasteiger partial charge < -0.3 is 0 Å². The van der Waals surface area contributed by atoms with Gasteiger partial charge in [0.05, 0.1) is 0 Å². The van der Waals surface area contributed by atoms with E-state index in [1.165, 1.54) is 21.9 Å². The maximum Gasteiger partial charge on any atom is 0.193 e. The third-order valence-corrected chi connectivity index (χ3v) is 7.05. The number of carbonyl (C=O) groups is 1.